The van der Waals surface area contributed by atoms with Crippen LogP contribution < -0.4 is 5.73 Å². The van der Waals surface area contributed by atoms with Crippen molar-refractivity contribution in [3.05, 3.63) is 0 Å². The molecule has 0 radical (unpaired) electrons. The van der Waals surface area contributed by atoms with Crippen molar-refractivity contribution >= 4 is 0 Å². The van der Waals surface area contributed by atoms with Gasteiger partial charge < -0.3 is 10.5 Å². The molecule has 0 aromatic rings. The second kappa shape index (κ2) is 2.46. The van der Waals surface area contributed by atoms with Gasteiger partial charge in [-0.2, -0.15) is 0 Å². The van der Waals surface area contributed by atoms with Gasteiger partial charge in [-0.25, -0.2) is 0 Å². The summed E-state index contributed by atoms with van der Waals surface area (Å²) in [6.45, 7) is 7.44. The van der Waals surface area contributed by atoms with Gasteiger partial charge in [-0.05, 0) is 11.8 Å². The van der Waals surface area contributed by atoms with Gasteiger partial charge in [0.15, 0.2) is 0 Å². The first kappa shape index (κ1) is 9.01. The first-order chi connectivity index (χ1) is 5.03. The fourth-order valence-electron chi connectivity index (χ4n) is 2.30. The average molecular weight is 157 g/mol. The molecule has 0 aromatic carbocycles. The molecular formula is C9H19NO. The van der Waals surface area contributed by atoms with Crippen LogP contribution >= 0.6 is 0 Å². The van der Waals surface area contributed by atoms with Gasteiger partial charge in [0.05, 0.1) is 6.61 Å². The maximum absolute atomic E-state index is 6.00. The Morgan fingerprint density at radius 2 is 1.91 bits per heavy atom. The van der Waals surface area contributed by atoms with E-state index in [2.05, 4.69) is 20.8 Å². The lowest BCUT2D eigenvalue weighted by atomic mass is 9.94. The van der Waals surface area contributed by atoms with Crippen molar-refractivity contribution in [3.63, 3.8) is 0 Å². The van der Waals surface area contributed by atoms with Crippen LogP contribution in [0.3, 0.4) is 0 Å². The molecule has 0 bridgehead atoms. The van der Waals surface area contributed by atoms with Crippen molar-refractivity contribution in [2.75, 3.05) is 13.7 Å². The Balaban J connectivity index is 2.67. The highest BCUT2D eigenvalue weighted by Crippen LogP contribution is 2.63. The Labute approximate surface area is 69.1 Å². The van der Waals surface area contributed by atoms with Crippen molar-refractivity contribution < 1.29 is 4.74 Å². The molecule has 0 amide bonds. The van der Waals surface area contributed by atoms with E-state index in [0.29, 0.717) is 6.04 Å². The van der Waals surface area contributed by atoms with E-state index in [4.69, 9.17) is 10.5 Å². The summed E-state index contributed by atoms with van der Waals surface area (Å²) in [5, 5.41) is 0. The third-order valence-corrected chi connectivity index (χ3v) is 3.61. The zero-order valence-corrected chi connectivity index (χ0v) is 7.98. The zero-order chi connectivity index (χ0) is 8.70. The van der Waals surface area contributed by atoms with Crippen LogP contribution in [0.5, 0.6) is 0 Å². The number of nitrogens with two attached hydrogens (primary N) is 1. The normalized spacial score (nSPS) is 40.6. The van der Waals surface area contributed by atoms with Crippen LogP contribution in [0.2, 0.25) is 0 Å². The topological polar surface area (TPSA) is 35.2 Å². The summed E-state index contributed by atoms with van der Waals surface area (Å²) in [5.41, 5.74) is 6.52. The summed E-state index contributed by atoms with van der Waals surface area (Å²) in [6, 6.07) is 0.319. The summed E-state index contributed by atoms with van der Waals surface area (Å²) in [7, 11) is 1.75. The molecule has 1 rings (SSSR count). The van der Waals surface area contributed by atoms with Gasteiger partial charge in [0.2, 0.25) is 0 Å². The molecule has 66 valence electrons. The Morgan fingerprint density at radius 1 is 1.45 bits per heavy atom. The minimum absolute atomic E-state index is 0.252. The summed E-state index contributed by atoms with van der Waals surface area (Å²) in [5.74, 6) is 0. The van der Waals surface area contributed by atoms with E-state index in [1.165, 1.54) is 0 Å². The number of rotatable bonds is 3. The molecule has 0 aliphatic heterocycles. The molecule has 0 spiro atoms. The van der Waals surface area contributed by atoms with Crippen molar-refractivity contribution in [1.82, 2.24) is 0 Å². The van der Waals surface area contributed by atoms with Crippen LogP contribution in [0.1, 0.15) is 27.2 Å². The summed E-state index contributed by atoms with van der Waals surface area (Å²) in [4.78, 5) is 0. The summed E-state index contributed by atoms with van der Waals surface area (Å²) < 4.78 is 5.19. The lowest BCUT2D eigenvalue weighted by molar-refractivity contribution is 0.117. The third-order valence-electron chi connectivity index (χ3n) is 3.61. The Bertz CT molecular complexity index is 156. The van der Waals surface area contributed by atoms with Gasteiger partial charge in [0, 0.05) is 18.6 Å². The maximum atomic E-state index is 6.00. The molecule has 1 fully saturated rings. The van der Waals surface area contributed by atoms with Gasteiger partial charge >= 0.3 is 0 Å². The number of methoxy groups -OCH3 is 1. The molecule has 0 aromatic heterocycles. The average Bonchev–Trinajstić information content (AvgIpc) is 2.36. The molecular weight excluding hydrogens is 138 g/mol. The van der Waals surface area contributed by atoms with E-state index >= 15 is 0 Å². The largest absolute Gasteiger partial charge is 0.384 e. The van der Waals surface area contributed by atoms with Gasteiger partial charge in [-0.3, -0.25) is 0 Å². The molecule has 0 heterocycles. The molecule has 2 N–H and O–H groups in total. The molecule has 1 saturated carbocycles. The molecule has 0 saturated heterocycles. The third kappa shape index (κ3) is 0.926. The van der Waals surface area contributed by atoms with Crippen LogP contribution in [0.25, 0.3) is 0 Å². The minimum atomic E-state index is 0.252. The fraction of sp³-hybridized carbons (Fsp3) is 1.00. The van der Waals surface area contributed by atoms with Crippen LogP contribution in [0.15, 0.2) is 0 Å². The van der Waals surface area contributed by atoms with E-state index in [-0.39, 0.29) is 10.8 Å². The molecule has 2 atom stereocenters. The van der Waals surface area contributed by atoms with Crippen LogP contribution in [0.4, 0.5) is 0 Å². The molecule has 2 heteroatoms. The molecule has 1 aliphatic carbocycles. The zero-order valence-electron chi connectivity index (χ0n) is 7.98. The highest BCUT2D eigenvalue weighted by molar-refractivity contribution is 5.20. The molecule has 2 unspecified atom stereocenters. The minimum Gasteiger partial charge on any atom is -0.384 e. The Morgan fingerprint density at radius 3 is 2.00 bits per heavy atom. The first-order valence-corrected chi connectivity index (χ1v) is 4.27. The summed E-state index contributed by atoms with van der Waals surface area (Å²) >= 11 is 0. The predicted molar refractivity (Wildman–Crippen MR) is 46.4 cm³/mol. The van der Waals surface area contributed by atoms with E-state index in [9.17, 15) is 0 Å². The molecule has 11 heavy (non-hydrogen) atoms. The standard InChI is InChI=1S/C9H19NO/c1-5-9(6-11-4)7(10)8(9,2)3/h7H,5-6,10H2,1-4H3. The van der Waals surface area contributed by atoms with Crippen molar-refractivity contribution in [2.45, 2.75) is 33.2 Å². The van der Waals surface area contributed by atoms with Crippen molar-refractivity contribution in [2.24, 2.45) is 16.6 Å². The SMILES string of the molecule is CCC1(COC)C(N)C1(C)C. The second-order valence-electron chi connectivity index (χ2n) is 4.14. The second-order valence-corrected chi connectivity index (χ2v) is 4.14. The summed E-state index contributed by atoms with van der Waals surface area (Å²) in [6.07, 6.45) is 1.12. The van der Waals surface area contributed by atoms with Gasteiger partial charge in [0.25, 0.3) is 0 Å². The van der Waals surface area contributed by atoms with Crippen LogP contribution in [0, 0.1) is 10.8 Å². The highest BCUT2D eigenvalue weighted by Gasteiger charge is 2.67. The number of hydrogen-bond donors (Lipinski definition) is 1. The van der Waals surface area contributed by atoms with E-state index in [0.717, 1.165) is 13.0 Å². The van der Waals surface area contributed by atoms with E-state index < -0.39 is 0 Å². The van der Waals surface area contributed by atoms with E-state index in [1.807, 2.05) is 0 Å². The van der Waals surface area contributed by atoms with Crippen LogP contribution in [-0.2, 0) is 4.74 Å². The van der Waals surface area contributed by atoms with Gasteiger partial charge in [-0.1, -0.05) is 20.8 Å². The Kier molecular flexibility index (Phi) is 2.01. The maximum Gasteiger partial charge on any atom is 0.0539 e. The molecule has 2 nitrogen and oxygen atoms in total. The van der Waals surface area contributed by atoms with Crippen molar-refractivity contribution in [3.8, 4) is 0 Å². The number of ether oxygens (including phenoxy) is 1. The fourth-order valence-corrected chi connectivity index (χ4v) is 2.30. The van der Waals surface area contributed by atoms with Gasteiger partial charge in [0.1, 0.15) is 0 Å². The highest BCUT2D eigenvalue weighted by atomic mass is 16.5. The predicted octanol–water partition coefficient (Wildman–Crippen LogP) is 1.40. The monoisotopic (exact) mass is 157 g/mol. The number of hydrogen-bond acceptors (Lipinski definition) is 2. The first-order valence-electron chi connectivity index (χ1n) is 4.27. The molecule has 1 aliphatic rings. The lowest BCUT2D eigenvalue weighted by Gasteiger charge is -2.16. The van der Waals surface area contributed by atoms with Crippen LogP contribution in [-0.4, -0.2) is 19.8 Å². The smallest absolute Gasteiger partial charge is 0.0539 e. The lowest BCUT2D eigenvalue weighted by Crippen LogP contribution is -2.18. The quantitative estimate of drug-likeness (QED) is 0.672. The van der Waals surface area contributed by atoms with Gasteiger partial charge in [-0.15, -0.1) is 0 Å². The van der Waals surface area contributed by atoms with Crippen molar-refractivity contribution in [1.29, 1.82) is 0 Å². The Hall–Kier alpha value is -0.0800. The van der Waals surface area contributed by atoms with E-state index in [1.54, 1.807) is 7.11 Å².